The molecule has 0 saturated carbocycles. The highest BCUT2D eigenvalue weighted by atomic mass is 14.6. The SMILES string of the molecule is C=CN=CC.CC.CC.CC=NC. The Kier molecular flexibility index (Phi) is 118. The molecule has 0 bridgehead atoms. The second-order valence-corrected chi connectivity index (χ2v) is 1.11. The lowest BCUT2D eigenvalue weighted by atomic mass is 10.9. The molecule has 0 aliphatic rings. The van der Waals surface area contributed by atoms with Crippen LogP contribution in [0.4, 0.5) is 0 Å². The van der Waals surface area contributed by atoms with Crippen molar-refractivity contribution in [1.82, 2.24) is 0 Å². The molecular weight excluding hydrogens is 160 g/mol. The summed E-state index contributed by atoms with van der Waals surface area (Å²) < 4.78 is 0. The highest BCUT2D eigenvalue weighted by molar-refractivity contribution is 5.53. The third kappa shape index (κ3) is 211. The van der Waals surface area contributed by atoms with E-state index in [9.17, 15) is 0 Å². The van der Waals surface area contributed by atoms with Gasteiger partial charge in [0.2, 0.25) is 0 Å². The molecule has 2 heteroatoms. The van der Waals surface area contributed by atoms with Gasteiger partial charge in [-0.05, 0) is 20.1 Å². The lowest BCUT2D eigenvalue weighted by Crippen LogP contribution is -1.47. The zero-order chi connectivity index (χ0) is 11.5. The summed E-state index contributed by atoms with van der Waals surface area (Å²) in [6, 6.07) is 0. The summed E-state index contributed by atoms with van der Waals surface area (Å²) in [5, 5.41) is 0. The molecule has 80 valence electrons. The topological polar surface area (TPSA) is 24.7 Å². The number of nitrogens with zero attached hydrogens (tertiary/aromatic N) is 2. The van der Waals surface area contributed by atoms with E-state index in [4.69, 9.17) is 0 Å². The highest BCUT2D eigenvalue weighted by Gasteiger charge is 1.40. The van der Waals surface area contributed by atoms with Crippen molar-refractivity contribution in [2.75, 3.05) is 7.05 Å². The average Bonchev–Trinajstić information content (AvgIpc) is 2.25. The van der Waals surface area contributed by atoms with Crippen LogP contribution in [-0.4, -0.2) is 19.5 Å². The summed E-state index contributed by atoms with van der Waals surface area (Å²) in [7, 11) is 1.75. The fraction of sp³-hybridized carbons (Fsp3) is 0.636. The predicted molar refractivity (Wildman–Crippen MR) is 67.1 cm³/mol. The first-order chi connectivity index (χ1) is 6.33. The molecule has 0 heterocycles. The molecule has 0 radical (unpaired) electrons. The van der Waals surface area contributed by atoms with Crippen molar-refractivity contribution in [2.45, 2.75) is 41.5 Å². The first-order valence-corrected chi connectivity index (χ1v) is 4.78. The van der Waals surface area contributed by atoms with Crippen LogP contribution in [0.1, 0.15) is 41.5 Å². The van der Waals surface area contributed by atoms with E-state index in [1.54, 1.807) is 19.5 Å². The van der Waals surface area contributed by atoms with E-state index in [0.29, 0.717) is 0 Å². The molecule has 0 unspecified atom stereocenters. The molecule has 0 aromatic heterocycles. The predicted octanol–water partition coefficient (Wildman–Crippen LogP) is 3.98. The van der Waals surface area contributed by atoms with Crippen LogP contribution in [0.3, 0.4) is 0 Å². The summed E-state index contributed by atoms with van der Waals surface area (Å²) in [5.41, 5.74) is 0. The van der Waals surface area contributed by atoms with Gasteiger partial charge >= 0.3 is 0 Å². The summed E-state index contributed by atoms with van der Waals surface area (Å²) in [6.45, 7) is 15.1. The Morgan fingerprint density at radius 1 is 0.923 bits per heavy atom. The van der Waals surface area contributed by atoms with Gasteiger partial charge in [-0.25, -0.2) is 0 Å². The Bertz CT molecular complexity index is 90.3. The largest absolute Gasteiger partial charge is 0.301 e. The Morgan fingerprint density at radius 3 is 1.23 bits per heavy atom. The van der Waals surface area contributed by atoms with Crippen LogP contribution < -0.4 is 0 Å². The summed E-state index contributed by atoms with van der Waals surface area (Å²) in [4.78, 5) is 7.22. The molecule has 0 spiro atoms. The normalized spacial score (nSPS) is 7.31. The van der Waals surface area contributed by atoms with Crippen molar-refractivity contribution in [3.05, 3.63) is 12.8 Å². The van der Waals surface area contributed by atoms with Gasteiger partial charge in [-0.2, -0.15) is 0 Å². The molecule has 0 N–H and O–H groups in total. The van der Waals surface area contributed by atoms with Gasteiger partial charge in [0.15, 0.2) is 0 Å². The molecule has 0 aromatic carbocycles. The smallest absolute Gasteiger partial charge is 0.0273 e. The molecule has 13 heavy (non-hydrogen) atoms. The Morgan fingerprint density at radius 2 is 1.23 bits per heavy atom. The van der Waals surface area contributed by atoms with E-state index in [-0.39, 0.29) is 0 Å². The fourth-order valence-electron chi connectivity index (χ4n) is 0.105. The Balaban J connectivity index is -0.0000000457. The minimum atomic E-state index is 1.50. The lowest BCUT2D eigenvalue weighted by molar-refractivity contribution is 1.46. The van der Waals surface area contributed by atoms with Gasteiger partial charge in [-0.15, -0.1) is 0 Å². The number of rotatable bonds is 1. The van der Waals surface area contributed by atoms with Gasteiger partial charge in [0.1, 0.15) is 0 Å². The minimum absolute atomic E-state index is 1.50. The van der Waals surface area contributed by atoms with Gasteiger partial charge in [0.05, 0.1) is 0 Å². The van der Waals surface area contributed by atoms with Crippen LogP contribution in [0.2, 0.25) is 0 Å². The summed E-state index contributed by atoms with van der Waals surface area (Å²) >= 11 is 0. The van der Waals surface area contributed by atoms with Crippen molar-refractivity contribution >= 4 is 12.4 Å². The molecular formula is C11H26N2. The second-order valence-electron chi connectivity index (χ2n) is 1.11. The minimum Gasteiger partial charge on any atom is -0.301 e. The first kappa shape index (κ1) is 22.7. The zero-order valence-corrected chi connectivity index (χ0v) is 10.3. The van der Waals surface area contributed by atoms with E-state index >= 15 is 0 Å². The van der Waals surface area contributed by atoms with Crippen molar-refractivity contribution in [1.29, 1.82) is 0 Å². The highest BCUT2D eigenvalue weighted by Crippen LogP contribution is 1.57. The maximum atomic E-state index is 3.61. The monoisotopic (exact) mass is 186 g/mol. The first-order valence-electron chi connectivity index (χ1n) is 4.78. The van der Waals surface area contributed by atoms with Gasteiger partial charge in [-0.3, -0.25) is 4.99 Å². The molecule has 0 aliphatic carbocycles. The maximum absolute atomic E-state index is 3.61. The average molecular weight is 186 g/mol. The molecule has 2 nitrogen and oxygen atoms in total. The standard InChI is InChI=1S/C4H7N.C3H7N.2C2H6/c1-3-5-4-2;1-3-4-2;2*1-2/h3-4H,1H2,2H3;3H,1-2H3;2*1-2H3. The molecule has 0 saturated heterocycles. The van der Waals surface area contributed by atoms with E-state index in [0.717, 1.165) is 0 Å². The maximum Gasteiger partial charge on any atom is 0.0273 e. The molecule has 0 atom stereocenters. The Hall–Kier alpha value is -0.920. The van der Waals surface area contributed by atoms with Gasteiger partial charge in [-0.1, -0.05) is 34.3 Å². The number of aliphatic imine (C=N–C) groups is 2. The summed E-state index contributed by atoms with van der Waals surface area (Å²) in [6.07, 6.45) is 4.94. The molecule has 0 aliphatic heterocycles. The van der Waals surface area contributed by atoms with E-state index < -0.39 is 0 Å². The number of hydrogen-bond donors (Lipinski definition) is 0. The van der Waals surface area contributed by atoms with Gasteiger partial charge in [0, 0.05) is 19.5 Å². The van der Waals surface area contributed by atoms with E-state index in [1.165, 1.54) is 6.20 Å². The molecule has 0 fully saturated rings. The molecule has 0 aromatic rings. The third-order valence-corrected chi connectivity index (χ3v) is 0.513. The Labute approximate surface area is 84.5 Å². The van der Waals surface area contributed by atoms with Crippen molar-refractivity contribution in [3.63, 3.8) is 0 Å². The zero-order valence-electron chi connectivity index (χ0n) is 10.3. The van der Waals surface area contributed by atoms with Gasteiger partial charge < -0.3 is 4.99 Å². The van der Waals surface area contributed by atoms with E-state index in [1.807, 2.05) is 41.5 Å². The second kappa shape index (κ2) is 67.6. The van der Waals surface area contributed by atoms with Crippen LogP contribution in [0.5, 0.6) is 0 Å². The van der Waals surface area contributed by atoms with Crippen LogP contribution in [0.25, 0.3) is 0 Å². The van der Waals surface area contributed by atoms with Crippen molar-refractivity contribution < 1.29 is 0 Å². The van der Waals surface area contributed by atoms with Gasteiger partial charge in [0.25, 0.3) is 0 Å². The molecule has 0 amide bonds. The van der Waals surface area contributed by atoms with Crippen molar-refractivity contribution in [3.8, 4) is 0 Å². The lowest BCUT2D eigenvalue weighted by Gasteiger charge is -1.58. The van der Waals surface area contributed by atoms with Crippen LogP contribution in [0, 0.1) is 0 Å². The third-order valence-electron chi connectivity index (χ3n) is 0.513. The summed E-state index contributed by atoms with van der Waals surface area (Å²) in [5.74, 6) is 0. The van der Waals surface area contributed by atoms with Crippen molar-refractivity contribution in [2.24, 2.45) is 9.98 Å². The molecule has 0 rings (SSSR count). The fourth-order valence-corrected chi connectivity index (χ4v) is 0.105. The van der Waals surface area contributed by atoms with Crippen LogP contribution in [0.15, 0.2) is 22.8 Å². The van der Waals surface area contributed by atoms with Crippen LogP contribution >= 0.6 is 0 Å². The van der Waals surface area contributed by atoms with E-state index in [2.05, 4.69) is 16.6 Å². The quantitative estimate of drug-likeness (QED) is 0.553. The van der Waals surface area contributed by atoms with Crippen LogP contribution in [-0.2, 0) is 0 Å². The number of hydrogen-bond acceptors (Lipinski definition) is 2.